The summed E-state index contributed by atoms with van der Waals surface area (Å²) in [6.45, 7) is -1.62. The van der Waals surface area contributed by atoms with Gasteiger partial charge in [0.05, 0.1) is 6.61 Å². The molecule has 0 atom stereocenters. The molecule has 0 aromatic heterocycles. The average Bonchev–Trinajstić information content (AvgIpc) is 2.60. The standard InChI is InChI=1S/C18H17F5N2O2/c19-14-5-1-3-12(7-14)9-24-17(26)25-15-6-2-4-13(8-15)10-27-11-18(22,23)16(20)21/h1-8,16H,9-11H2,(H2,24,25,26). The number of amides is 2. The fraction of sp³-hybridized carbons (Fsp3) is 0.278. The Morgan fingerprint density at radius 2 is 1.78 bits per heavy atom. The van der Waals surface area contributed by atoms with E-state index < -0.39 is 30.8 Å². The van der Waals surface area contributed by atoms with E-state index in [-0.39, 0.29) is 13.2 Å². The lowest BCUT2D eigenvalue weighted by atomic mass is 10.2. The average molecular weight is 388 g/mol. The molecular formula is C18H17F5N2O2. The largest absolute Gasteiger partial charge is 0.370 e. The second-order valence-corrected chi connectivity index (χ2v) is 5.69. The molecule has 0 fully saturated rings. The summed E-state index contributed by atoms with van der Waals surface area (Å²) in [5.74, 6) is -4.63. The number of carbonyl (C=O) groups excluding carboxylic acids is 1. The molecule has 0 aliphatic rings. The van der Waals surface area contributed by atoms with Crippen molar-refractivity contribution in [3.63, 3.8) is 0 Å². The molecule has 2 aromatic rings. The number of ether oxygens (including phenoxy) is 1. The summed E-state index contributed by atoms with van der Waals surface area (Å²) in [5, 5.41) is 5.06. The van der Waals surface area contributed by atoms with E-state index in [1.807, 2.05) is 0 Å². The van der Waals surface area contributed by atoms with Crippen molar-refractivity contribution < 1.29 is 31.5 Å². The molecular weight excluding hydrogens is 371 g/mol. The molecule has 2 rings (SSSR count). The van der Waals surface area contributed by atoms with E-state index in [0.717, 1.165) is 0 Å². The Labute approximate surface area is 152 Å². The molecule has 0 heterocycles. The van der Waals surface area contributed by atoms with Crippen LogP contribution in [0, 0.1) is 5.82 Å². The number of carbonyl (C=O) groups is 1. The van der Waals surface area contributed by atoms with Crippen LogP contribution < -0.4 is 10.6 Å². The summed E-state index contributed by atoms with van der Waals surface area (Å²) in [6, 6.07) is 11.3. The van der Waals surface area contributed by atoms with Gasteiger partial charge in [0.25, 0.3) is 0 Å². The van der Waals surface area contributed by atoms with Gasteiger partial charge >= 0.3 is 18.4 Å². The molecule has 9 heteroatoms. The van der Waals surface area contributed by atoms with Crippen LogP contribution >= 0.6 is 0 Å². The maximum Gasteiger partial charge on any atom is 0.330 e. The molecule has 0 saturated heterocycles. The third-order valence-corrected chi connectivity index (χ3v) is 3.41. The van der Waals surface area contributed by atoms with Gasteiger partial charge in [-0.1, -0.05) is 24.3 Å². The summed E-state index contributed by atoms with van der Waals surface area (Å²) >= 11 is 0. The molecule has 0 aliphatic heterocycles. The molecule has 0 bridgehead atoms. The van der Waals surface area contributed by atoms with Crippen molar-refractivity contribution in [1.29, 1.82) is 0 Å². The Kier molecular flexibility index (Phi) is 7.12. The normalized spacial score (nSPS) is 11.5. The van der Waals surface area contributed by atoms with Crippen molar-refractivity contribution in [2.24, 2.45) is 0 Å². The van der Waals surface area contributed by atoms with Gasteiger partial charge in [-0.15, -0.1) is 0 Å². The highest BCUT2D eigenvalue weighted by molar-refractivity contribution is 5.89. The zero-order valence-corrected chi connectivity index (χ0v) is 14.0. The SMILES string of the molecule is O=C(NCc1cccc(F)c1)Nc1cccc(COCC(F)(F)C(F)F)c1. The highest BCUT2D eigenvalue weighted by Crippen LogP contribution is 2.23. The second kappa shape index (κ2) is 9.31. The van der Waals surface area contributed by atoms with Gasteiger partial charge in [-0.3, -0.25) is 0 Å². The first-order chi connectivity index (χ1) is 12.8. The van der Waals surface area contributed by atoms with Gasteiger partial charge in [0.1, 0.15) is 12.4 Å². The van der Waals surface area contributed by atoms with Crippen LogP contribution in [-0.2, 0) is 17.9 Å². The lowest BCUT2D eigenvalue weighted by Gasteiger charge is -2.15. The van der Waals surface area contributed by atoms with Crippen LogP contribution in [0.1, 0.15) is 11.1 Å². The second-order valence-electron chi connectivity index (χ2n) is 5.69. The van der Waals surface area contributed by atoms with Crippen molar-refractivity contribution in [2.45, 2.75) is 25.5 Å². The Bertz CT molecular complexity index is 771. The molecule has 2 amide bonds. The Balaban J connectivity index is 1.83. The van der Waals surface area contributed by atoms with E-state index in [0.29, 0.717) is 16.8 Å². The van der Waals surface area contributed by atoms with Gasteiger partial charge in [-0.05, 0) is 35.4 Å². The first-order valence-electron chi connectivity index (χ1n) is 7.88. The number of anilines is 1. The molecule has 0 radical (unpaired) electrons. The predicted molar refractivity (Wildman–Crippen MR) is 89.3 cm³/mol. The van der Waals surface area contributed by atoms with Crippen molar-refractivity contribution in [3.05, 3.63) is 65.5 Å². The van der Waals surface area contributed by atoms with E-state index in [1.165, 1.54) is 30.3 Å². The van der Waals surface area contributed by atoms with E-state index in [9.17, 15) is 26.7 Å². The van der Waals surface area contributed by atoms with Crippen LogP contribution in [0.25, 0.3) is 0 Å². The minimum Gasteiger partial charge on any atom is -0.370 e. The molecule has 0 saturated carbocycles. The number of halogens is 5. The molecule has 4 nitrogen and oxygen atoms in total. The molecule has 0 unspecified atom stereocenters. The Hall–Kier alpha value is -2.68. The van der Waals surface area contributed by atoms with Crippen molar-refractivity contribution in [3.8, 4) is 0 Å². The van der Waals surface area contributed by atoms with Gasteiger partial charge in [0.15, 0.2) is 0 Å². The smallest absolute Gasteiger partial charge is 0.330 e. The predicted octanol–water partition coefficient (Wildman–Crippen LogP) is 4.56. The molecule has 2 aromatic carbocycles. The zero-order chi connectivity index (χ0) is 19.9. The number of alkyl halides is 4. The van der Waals surface area contributed by atoms with Gasteiger partial charge in [-0.25, -0.2) is 18.0 Å². The monoisotopic (exact) mass is 388 g/mol. The molecule has 0 aliphatic carbocycles. The maximum absolute atomic E-state index is 13.1. The van der Waals surface area contributed by atoms with Crippen LogP contribution in [0.15, 0.2) is 48.5 Å². The summed E-state index contributed by atoms with van der Waals surface area (Å²) in [7, 11) is 0. The van der Waals surface area contributed by atoms with E-state index >= 15 is 0 Å². The highest BCUT2D eigenvalue weighted by atomic mass is 19.3. The molecule has 146 valence electrons. The van der Waals surface area contributed by atoms with E-state index in [2.05, 4.69) is 15.4 Å². The van der Waals surface area contributed by atoms with Crippen molar-refractivity contribution in [1.82, 2.24) is 5.32 Å². The van der Waals surface area contributed by atoms with Crippen LogP contribution in [-0.4, -0.2) is 25.0 Å². The quantitative estimate of drug-likeness (QED) is 0.651. The summed E-state index contributed by atoms with van der Waals surface area (Å²) < 4.78 is 67.4. The fourth-order valence-electron chi connectivity index (χ4n) is 2.11. The number of hydrogen-bond acceptors (Lipinski definition) is 2. The maximum atomic E-state index is 13.1. The third-order valence-electron chi connectivity index (χ3n) is 3.41. The minimum atomic E-state index is -4.22. The van der Waals surface area contributed by atoms with Crippen molar-refractivity contribution in [2.75, 3.05) is 11.9 Å². The minimum absolute atomic E-state index is 0.106. The van der Waals surface area contributed by atoms with Crippen LogP contribution in [0.5, 0.6) is 0 Å². The molecule has 0 spiro atoms. The lowest BCUT2D eigenvalue weighted by molar-refractivity contribution is -0.168. The topological polar surface area (TPSA) is 50.4 Å². The first-order valence-corrected chi connectivity index (χ1v) is 7.88. The van der Waals surface area contributed by atoms with E-state index in [1.54, 1.807) is 18.2 Å². The van der Waals surface area contributed by atoms with Gasteiger partial charge in [0, 0.05) is 12.2 Å². The number of benzene rings is 2. The van der Waals surface area contributed by atoms with Gasteiger partial charge in [-0.2, -0.15) is 8.78 Å². The third kappa shape index (κ3) is 6.86. The van der Waals surface area contributed by atoms with Crippen LogP contribution in [0.3, 0.4) is 0 Å². The molecule has 27 heavy (non-hydrogen) atoms. The summed E-state index contributed by atoms with van der Waals surface area (Å²) in [6.07, 6.45) is -3.80. The Morgan fingerprint density at radius 3 is 2.48 bits per heavy atom. The number of urea groups is 1. The van der Waals surface area contributed by atoms with Crippen LogP contribution in [0.4, 0.5) is 32.4 Å². The van der Waals surface area contributed by atoms with Gasteiger partial charge in [0.2, 0.25) is 0 Å². The number of nitrogens with one attached hydrogen (secondary N) is 2. The number of hydrogen-bond donors (Lipinski definition) is 2. The highest BCUT2D eigenvalue weighted by Gasteiger charge is 2.40. The van der Waals surface area contributed by atoms with E-state index in [4.69, 9.17) is 0 Å². The van der Waals surface area contributed by atoms with Crippen LogP contribution in [0.2, 0.25) is 0 Å². The Morgan fingerprint density at radius 1 is 1.07 bits per heavy atom. The lowest BCUT2D eigenvalue weighted by Crippen LogP contribution is -2.32. The fourth-order valence-corrected chi connectivity index (χ4v) is 2.11. The number of rotatable bonds is 8. The zero-order valence-electron chi connectivity index (χ0n) is 14.0. The van der Waals surface area contributed by atoms with Gasteiger partial charge < -0.3 is 15.4 Å². The summed E-state index contributed by atoms with van der Waals surface area (Å²) in [5.41, 5.74) is 1.35. The summed E-state index contributed by atoms with van der Waals surface area (Å²) in [4.78, 5) is 11.9. The van der Waals surface area contributed by atoms with Crippen molar-refractivity contribution >= 4 is 11.7 Å². The first kappa shape index (κ1) is 20.6. The molecule has 2 N–H and O–H groups in total.